The third kappa shape index (κ3) is 1.64. The van der Waals surface area contributed by atoms with Gasteiger partial charge in [0.05, 0.1) is 22.8 Å². The van der Waals surface area contributed by atoms with Crippen molar-refractivity contribution in [2.24, 2.45) is 0 Å². The number of rotatable bonds is 2. The van der Waals surface area contributed by atoms with E-state index in [0.717, 1.165) is 16.9 Å². The van der Waals surface area contributed by atoms with Crippen molar-refractivity contribution in [3.05, 3.63) is 66.5 Å². The van der Waals surface area contributed by atoms with Gasteiger partial charge in [-0.1, -0.05) is 18.2 Å². The number of carbonyl (C=O) groups is 1. The number of aromatic carboxylic acids is 1. The summed E-state index contributed by atoms with van der Waals surface area (Å²) in [6.45, 7) is 0. The molecule has 1 aromatic carbocycles. The number of nitrogens with zero attached hydrogens (tertiary/aromatic N) is 3. The van der Waals surface area contributed by atoms with Crippen LogP contribution in [0.5, 0.6) is 0 Å². The molecule has 5 heteroatoms. The van der Waals surface area contributed by atoms with Crippen LogP contribution in [0.1, 0.15) is 10.4 Å². The molecule has 0 saturated carbocycles. The maximum absolute atomic E-state index is 11.5. The fraction of sp³-hybridized carbons (Fsp3) is 0. The van der Waals surface area contributed by atoms with Crippen LogP contribution in [0.25, 0.3) is 22.2 Å². The zero-order chi connectivity index (χ0) is 14.4. The summed E-state index contributed by atoms with van der Waals surface area (Å²) in [5.74, 6) is -0.948. The first kappa shape index (κ1) is 11.7. The highest BCUT2D eigenvalue weighted by atomic mass is 16.4. The zero-order valence-electron chi connectivity index (χ0n) is 11.0. The molecule has 0 atom stereocenters. The third-order valence-electron chi connectivity index (χ3n) is 3.57. The highest BCUT2D eigenvalue weighted by Gasteiger charge is 2.16. The lowest BCUT2D eigenvalue weighted by molar-refractivity contribution is 0.0699. The largest absolute Gasteiger partial charge is 0.478 e. The molecule has 3 heterocycles. The zero-order valence-corrected chi connectivity index (χ0v) is 11.0. The summed E-state index contributed by atoms with van der Waals surface area (Å²) in [5.41, 5.74) is 2.74. The Hall–Kier alpha value is -3.08. The first-order valence-electron chi connectivity index (χ1n) is 6.52. The Morgan fingerprint density at radius 3 is 2.67 bits per heavy atom. The Bertz CT molecular complexity index is 967. The average Bonchev–Trinajstić information content (AvgIpc) is 3.13. The second-order valence-corrected chi connectivity index (χ2v) is 4.80. The van der Waals surface area contributed by atoms with Gasteiger partial charge in [-0.05, 0) is 30.3 Å². The fourth-order valence-corrected chi connectivity index (χ4v) is 2.63. The molecule has 0 radical (unpaired) electrons. The van der Waals surface area contributed by atoms with Gasteiger partial charge < -0.3 is 9.51 Å². The van der Waals surface area contributed by atoms with Crippen LogP contribution in [-0.2, 0) is 0 Å². The summed E-state index contributed by atoms with van der Waals surface area (Å²) in [6, 6.07) is 15.1. The number of pyridine rings is 1. The van der Waals surface area contributed by atoms with E-state index in [0.29, 0.717) is 5.39 Å². The normalized spacial score (nSPS) is 11.2. The van der Waals surface area contributed by atoms with Gasteiger partial charge in [0.15, 0.2) is 0 Å². The number of aromatic nitrogens is 3. The van der Waals surface area contributed by atoms with Gasteiger partial charge in [-0.25, -0.2) is 9.48 Å². The van der Waals surface area contributed by atoms with E-state index in [2.05, 4.69) is 5.10 Å². The molecule has 0 aliphatic carbocycles. The molecule has 102 valence electrons. The van der Waals surface area contributed by atoms with E-state index in [-0.39, 0.29) is 5.56 Å². The highest BCUT2D eigenvalue weighted by molar-refractivity contribution is 6.03. The minimum atomic E-state index is -0.948. The van der Waals surface area contributed by atoms with Crippen molar-refractivity contribution in [3.63, 3.8) is 0 Å². The molecule has 5 nitrogen and oxygen atoms in total. The summed E-state index contributed by atoms with van der Waals surface area (Å²) in [5, 5.41) is 14.4. The summed E-state index contributed by atoms with van der Waals surface area (Å²) < 4.78 is 3.70. The Morgan fingerprint density at radius 2 is 1.90 bits per heavy atom. The van der Waals surface area contributed by atoms with Gasteiger partial charge >= 0.3 is 5.97 Å². The smallest absolute Gasteiger partial charge is 0.336 e. The summed E-state index contributed by atoms with van der Waals surface area (Å²) in [7, 11) is 0. The number of carboxylic acids is 1. The minimum Gasteiger partial charge on any atom is -0.478 e. The van der Waals surface area contributed by atoms with E-state index in [9.17, 15) is 9.90 Å². The van der Waals surface area contributed by atoms with Crippen LogP contribution in [0, 0.1) is 0 Å². The van der Waals surface area contributed by atoms with Crippen LogP contribution >= 0.6 is 0 Å². The fourth-order valence-electron chi connectivity index (χ4n) is 2.63. The lowest BCUT2D eigenvalue weighted by Gasteiger charge is -2.07. The van der Waals surface area contributed by atoms with Gasteiger partial charge in [0.1, 0.15) is 5.65 Å². The minimum absolute atomic E-state index is 0.262. The summed E-state index contributed by atoms with van der Waals surface area (Å²) >= 11 is 0. The lowest BCUT2D eigenvalue weighted by atomic mass is 10.2. The van der Waals surface area contributed by atoms with Crippen LogP contribution < -0.4 is 0 Å². The van der Waals surface area contributed by atoms with Crippen LogP contribution in [-0.4, -0.2) is 25.3 Å². The first-order chi connectivity index (χ1) is 10.3. The second kappa shape index (κ2) is 4.21. The van der Waals surface area contributed by atoms with Gasteiger partial charge in [-0.3, -0.25) is 0 Å². The molecule has 21 heavy (non-hydrogen) atoms. The van der Waals surface area contributed by atoms with E-state index in [4.69, 9.17) is 0 Å². The Balaban J connectivity index is 2.17. The lowest BCUT2D eigenvalue weighted by Crippen LogP contribution is -2.03. The number of benzene rings is 1. The third-order valence-corrected chi connectivity index (χ3v) is 3.57. The number of para-hydroxylation sites is 1. The molecule has 0 amide bonds. The Morgan fingerprint density at radius 1 is 1.10 bits per heavy atom. The highest BCUT2D eigenvalue weighted by Crippen LogP contribution is 2.24. The molecule has 4 rings (SSSR count). The summed E-state index contributed by atoms with van der Waals surface area (Å²) in [4.78, 5) is 11.5. The van der Waals surface area contributed by atoms with E-state index < -0.39 is 5.97 Å². The molecule has 0 saturated heterocycles. The molecular weight excluding hydrogens is 266 g/mol. The van der Waals surface area contributed by atoms with E-state index in [1.807, 2.05) is 53.1 Å². The van der Waals surface area contributed by atoms with Crippen molar-refractivity contribution in [1.82, 2.24) is 14.2 Å². The predicted molar refractivity (Wildman–Crippen MR) is 79.0 cm³/mol. The Labute approximate surface area is 119 Å². The van der Waals surface area contributed by atoms with E-state index in [1.165, 1.54) is 0 Å². The molecule has 0 bridgehead atoms. The molecule has 0 fully saturated rings. The molecule has 0 unspecified atom stereocenters. The van der Waals surface area contributed by atoms with Gasteiger partial charge in [-0.2, -0.15) is 5.10 Å². The van der Waals surface area contributed by atoms with E-state index in [1.54, 1.807) is 16.9 Å². The molecule has 4 aromatic rings. The monoisotopic (exact) mass is 277 g/mol. The molecule has 0 spiro atoms. The van der Waals surface area contributed by atoms with Crippen molar-refractivity contribution < 1.29 is 9.90 Å². The average molecular weight is 277 g/mol. The predicted octanol–water partition coefficient (Wildman–Crippen LogP) is 2.98. The number of hydrogen-bond donors (Lipinski definition) is 1. The summed E-state index contributed by atoms with van der Waals surface area (Å²) in [6.07, 6.45) is 3.51. The number of carboxylic acid groups (broad SMARTS) is 1. The van der Waals surface area contributed by atoms with Gasteiger partial charge in [0.2, 0.25) is 0 Å². The first-order valence-corrected chi connectivity index (χ1v) is 6.52. The van der Waals surface area contributed by atoms with Gasteiger partial charge in [-0.15, -0.1) is 0 Å². The molecule has 1 N–H and O–H groups in total. The van der Waals surface area contributed by atoms with Crippen molar-refractivity contribution >= 4 is 22.5 Å². The quantitative estimate of drug-likeness (QED) is 0.612. The van der Waals surface area contributed by atoms with Crippen molar-refractivity contribution in [2.75, 3.05) is 0 Å². The Kier molecular flexibility index (Phi) is 2.35. The van der Waals surface area contributed by atoms with Crippen LogP contribution in [0.3, 0.4) is 0 Å². The number of hydrogen-bond acceptors (Lipinski definition) is 2. The van der Waals surface area contributed by atoms with Crippen molar-refractivity contribution in [3.8, 4) is 5.69 Å². The maximum Gasteiger partial charge on any atom is 0.336 e. The maximum atomic E-state index is 11.5. The van der Waals surface area contributed by atoms with Crippen molar-refractivity contribution in [1.29, 1.82) is 0 Å². The molecular formula is C16H11N3O2. The SMILES string of the molecule is O=C(O)c1cc2cccn2c2c1cnn2-c1ccccc1. The van der Waals surface area contributed by atoms with Gasteiger partial charge in [0, 0.05) is 11.7 Å². The van der Waals surface area contributed by atoms with Crippen LogP contribution in [0.4, 0.5) is 0 Å². The topological polar surface area (TPSA) is 59.5 Å². The van der Waals surface area contributed by atoms with Gasteiger partial charge in [0.25, 0.3) is 0 Å². The second-order valence-electron chi connectivity index (χ2n) is 4.80. The number of fused-ring (bicyclic) bond motifs is 3. The van der Waals surface area contributed by atoms with E-state index >= 15 is 0 Å². The van der Waals surface area contributed by atoms with Crippen molar-refractivity contribution in [2.45, 2.75) is 0 Å². The molecule has 0 aliphatic heterocycles. The standard InChI is InChI=1S/C16H11N3O2/c20-16(21)13-9-12-7-4-8-18(12)15-14(13)10-17-19(15)11-5-2-1-3-6-11/h1-10H,(H,20,21). The van der Waals surface area contributed by atoms with Crippen LogP contribution in [0.15, 0.2) is 60.9 Å². The molecule has 3 aromatic heterocycles. The van der Waals surface area contributed by atoms with Crippen LogP contribution in [0.2, 0.25) is 0 Å². The molecule has 0 aliphatic rings.